The molecule has 0 saturated heterocycles. The molecule has 0 spiro atoms. The summed E-state index contributed by atoms with van der Waals surface area (Å²) < 4.78 is 38.6. The molecule has 4 aromatic carbocycles. The molecule has 3 N–H and O–H groups in total. The van der Waals surface area contributed by atoms with Gasteiger partial charge in [0.2, 0.25) is 5.69 Å². The van der Waals surface area contributed by atoms with E-state index >= 15 is 0 Å². The summed E-state index contributed by atoms with van der Waals surface area (Å²) >= 11 is 0. The molecule has 0 bridgehead atoms. The van der Waals surface area contributed by atoms with Crippen LogP contribution in [-0.4, -0.2) is 64.3 Å². The fraction of sp³-hybridized carbons (Fsp3) is 0.440. The van der Waals surface area contributed by atoms with E-state index in [9.17, 15) is 37.6 Å². The van der Waals surface area contributed by atoms with Gasteiger partial charge in [-0.05, 0) is 105 Å². The highest BCUT2D eigenvalue weighted by molar-refractivity contribution is 7.86. The van der Waals surface area contributed by atoms with Gasteiger partial charge in [-0.3, -0.25) is 9.35 Å². The van der Waals surface area contributed by atoms with E-state index in [-0.39, 0.29) is 17.1 Å². The highest BCUT2D eigenvalue weighted by atomic mass is 32.2. The number of aryl methyl sites for hydroxylation is 1. The highest BCUT2D eigenvalue weighted by Gasteiger charge is 2.47. The molecule has 0 amide bonds. The maximum atomic E-state index is 12.9. The van der Waals surface area contributed by atoms with Crippen molar-refractivity contribution >= 4 is 66.5 Å². The smallest absolute Gasteiger partial charge is 0.337 e. The Kier molecular flexibility index (Phi) is 13.2. The third-order valence-electron chi connectivity index (χ3n) is 13.1. The number of benzene rings is 4. The average molecular weight is 850 g/mol. The summed E-state index contributed by atoms with van der Waals surface area (Å²) in [5.74, 6) is -2.17. The van der Waals surface area contributed by atoms with Gasteiger partial charge in [0.1, 0.15) is 17.2 Å². The molecule has 2 heterocycles. The number of hydrogen-bond acceptors (Lipinski definition) is 6. The first-order chi connectivity index (χ1) is 28.8. The van der Waals surface area contributed by atoms with Gasteiger partial charge in [-0.2, -0.15) is 13.0 Å². The summed E-state index contributed by atoms with van der Waals surface area (Å²) in [6.07, 6.45) is 13.9. The van der Waals surface area contributed by atoms with Gasteiger partial charge >= 0.3 is 11.9 Å². The number of rotatable bonds is 18. The number of aromatic carboxylic acids is 2. The van der Waals surface area contributed by atoms with Gasteiger partial charge in [-0.15, -0.1) is 0 Å². The van der Waals surface area contributed by atoms with Crippen LogP contribution in [0.25, 0.3) is 21.5 Å². The summed E-state index contributed by atoms with van der Waals surface area (Å²) in [6.45, 7) is 18.2. The van der Waals surface area contributed by atoms with Crippen LogP contribution < -0.4 is 4.90 Å². The number of ketones is 1. The van der Waals surface area contributed by atoms with Crippen molar-refractivity contribution in [2.24, 2.45) is 5.92 Å². The van der Waals surface area contributed by atoms with Crippen molar-refractivity contribution in [1.29, 1.82) is 0 Å². The van der Waals surface area contributed by atoms with E-state index in [2.05, 4.69) is 68.4 Å². The Morgan fingerprint density at radius 3 is 2.03 bits per heavy atom. The van der Waals surface area contributed by atoms with Crippen molar-refractivity contribution in [2.75, 3.05) is 18.0 Å². The van der Waals surface area contributed by atoms with Gasteiger partial charge in [0.15, 0.2) is 5.71 Å². The molecule has 0 fully saturated rings. The third kappa shape index (κ3) is 8.31. The van der Waals surface area contributed by atoms with Crippen LogP contribution in [-0.2, 0) is 25.7 Å². The molecule has 61 heavy (non-hydrogen) atoms. The van der Waals surface area contributed by atoms with Crippen LogP contribution in [0.4, 0.5) is 11.4 Å². The summed E-state index contributed by atoms with van der Waals surface area (Å²) in [7, 11) is -4.92. The molecule has 2 aliphatic rings. The lowest BCUT2D eigenvalue weighted by atomic mass is 9.75. The van der Waals surface area contributed by atoms with Crippen molar-refractivity contribution < 1.29 is 42.1 Å². The van der Waals surface area contributed by atoms with Crippen LogP contribution in [0, 0.1) is 12.8 Å². The third-order valence-corrected chi connectivity index (χ3v) is 14.0. The van der Waals surface area contributed by atoms with E-state index in [1.54, 1.807) is 18.2 Å². The predicted octanol–water partition coefficient (Wildman–Crippen LogP) is 11.3. The lowest BCUT2D eigenvalue weighted by Crippen LogP contribution is -2.30. The largest absolute Gasteiger partial charge is 0.478 e. The number of allylic oxidation sites excluding steroid dienone is 4. The molecular formula is C50H61N2O8S+. The topological polar surface area (TPSA) is 152 Å². The summed E-state index contributed by atoms with van der Waals surface area (Å²) in [4.78, 5) is 38.6. The summed E-state index contributed by atoms with van der Waals surface area (Å²) in [5, 5.41) is 22.6. The number of Topliss-reactive ketones (excluding diaryl/α,β-unsaturated/α-hetero) is 1. The van der Waals surface area contributed by atoms with Crippen molar-refractivity contribution in [1.82, 2.24) is 0 Å². The second-order valence-corrected chi connectivity index (χ2v) is 19.2. The summed E-state index contributed by atoms with van der Waals surface area (Å²) in [6, 6.07) is 14.3. The molecule has 10 nitrogen and oxygen atoms in total. The van der Waals surface area contributed by atoms with Crippen LogP contribution >= 0.6 is 0 Å². The van der Waals surface area contributed by atoms with E-state index in [0.29, 0.717) is 30.3 Å². The van der Waals surface area contributed by atoms with Crippen LogP contribution in [0.15, 0.2) is 77.4 Å². The zero-order chi connectivity index (χ0) is 44.6. The number of carboxylic acids is 2. The number of carboxylic acid groups (broad SMARTS) is 2. The van der Waals surface area contributed by atoms with Crippen molar-refractivity contribution in [3.63, 3.8) is 0 Å². The zero-order valence-corrected chi connectivity index (χ0v) is 37.7. The van der Waals surface area contributed by atoms with Gasteiger partial charge < -0.3 is 15.1 Å². The fourth-order valence-electron chi connectivity index (χ4n) is 9.84. The van der Waals surface area contributed by atoms with E-state index in [1.807, 2.05) is 39.0 Å². The first kappa shape index (κ1) is 45.4. The van der Waals surface area contributed by atoms with Gasteiger partial charge in [0, 0.05) is 65.2 Å². The standard InChI is InChI=1S/C50H60N2O8S/c1-9-11-29-51-39-26-24-33-32(5)34(47(54)55)20-21-35(33)44(39)49(6,7)42(51)18-16-19-43-50(8,28-15-13-14-17-41(53)31(3)4)45-36-22-23-38(48(56)57)46(61(58,59)60)37(36)25-27-40(45)52(43)30-12-10-2/h16,18-27,31H,9-15,17,28-30H2,1-8H3,(H2-,54,55,56,57,58,59,60)/p+1. The van der Waals surface area contributed by atoms with Crippen LogP contribution in [0.3, 0.4) is 0 Å². The predicted molar refractivity (Wildman–Crippen MR) is 244 cm³/mol. The van der Waals surface area contributed by atoms with Gasteiger partial charge in [0.05, 0.1) is 16.5 Å². The van der Waals surface area contributed by atoms with Crippen molar-refractivity contribution in [3.8, 4) is 0 Å². The Hall–Kier alpha value is -5.13. The number of nitrogens with zero attached hydrogens (tertiary/aromatic N) is 2. The minimum Gasteiger partial charge on any atom is -0.478 e. The summed E-state index contributed by atoms with van der Waals surface area (Å²) in [5.41, 5.74) is 5.68. The monoisotopic (exact) mass is 849 g/mol. The highest BCUT2D eigenvalue weighted by Crippen LogP contribution is 2.54. The number of carbonyl (C=O) groups excluding carboxylic acids is 1. The first-order valence-corrected chi connectivity index (χ1v) is 23.2. The van der Waals surface area contributed by atoms with Crippen LogP contribution in [0.2, 0.25) is 0 Å². The Morgan fingerprint density at radius 2 is 1.41 bits per heavy atom. The van der Waals surface area contributed by atoms with Gasteiger partial charge in [-0.1, -0.05) is 77.7 Å². The zero-order valence-electron chi connectivity index (χ0n) is 36.9. The van der Waals surface area contributed by atoms with Crippen LogP contribution in [0.1, 0.15) is 144 Å². The Balaban J connectivity index is 1.53. The molecule has 6 rings (SSSR count). The fourth-order valence-corrected chi connectivity index (χ4v) is 10.7. The Labute approximate surface area is 360 Å². The minimum atomic E-state index is -4.92. The van der Waals surface area contributed by atoms with Crippen molar-refractivity contribution in [2.45, 2.75) is 129 Å². The normalized spacial score (nSPS) is 18.0. The molecule has 0 saturated carbocycles. The average Bonchev–Trinajstić information content (AvgIpc) is 3.57. The molecule has 324 valence electrons. The second-order valence-electron chi connectivity index (χ2n) is 17.8. The lowest BCUT2D eigenvalue weighted by Gasteiger charge is -2.31. The van der Waals surface area contributed by atoms with Crippen molar-refractivity contribution in [3.05, 3.63) is 100 Å². The number of fused-ring (bicyclic) bond motifs is 6. The van der Waals surface area contributed by atoms with E-state index in [4.69, 9.17) is 0 Å². The SMILES string of the molecule is CCCCN1C(=CC=CC2=[N+](CCCC)c3ccc4c(C)c(C(=O)O)ccc4c3C2(C)C)C(C)(CCCCCC(=O)C(C)C)c2c1ccc1c(S(=O)(=O)O)c(C(=O)O)ccc21. The van der Waals surface area contributed by atoms with Gasteiger partial charge in [-0.25, -0.2) is 9.59 Å². The Bertz CT molecular complexity index is 2630. The number of carbonyl (C=O) groups is 3. The van der Waals surface area contributed by atoms with Gasteiger partial charge in [0.25, 0.3) is 10.1 Å². The Morgan fingerprint density at radius 1 is 0.787 bits per heavy atom. The molecule has 4 aromatic rings. The van der Waals surface area contributed by atoms with E-state index < -0.39 is 43.3 Å². The molecule has 0 aromatic heterocycles. The molecule has 0 radical (unpaired) electrons. The van der Waals surface area contributed by atoms with Crippen LogP contribution in [0.5, 0.6) is 0 Å². The molecule has 11 heteroatoms. The van der Waals surface area contributed by atoms with E-state index in [0.717, 1.165) is 102 Å². The maximum Gasteiger partial charge on any atom is 0.337 e. The maximum absolute atomic E-state index is 12.9. The minimum absolute atomic E-state index is 0.0206. The molecule has 1 unspecified atom stereocenters. The number of hydrogen-bond donors (Lipinski definition) is 3. The second kappa shape index (κ2) is 17.7. The lowest BCUT2D eigenvalue weighted by molar-refractivity contribution is -0.438. The number of unbranched alkanes of at least 4 members (excludes halogenated alkanes) is 4. The quantitative estimate of drug-likeness (QED) is 0.0504. The molecular weight excluding hydrogens is 789 g/mol. The van der Waals surface area contributed by atoms with E-state index in [1.165, 1.54) is 6.07 Å². The first-order valence-electron chi connectivity index (χ1n) is 21.8. The number of anilines is 1. The molecule has 2 aliphatic heterocycles. The molecule has 0 aliphatic carbocycles. The molecule has 1 atom stereocenters.